The Morgan fingerprint density at radius 1 is 1.19 bits per heavy atom. The lowest BCUT2D eigenvalue weighted by molar-refractivity contribution is -0.144. The van der Waals surface area contributed by atoms with Gasteiger partial charge in [0.25, 0.3) is 5.92 Å². The number of carbonyl (C=O) groups is 1. The molecule has 4 aliphatic rings. The summed E-state index contributed by atoms with van der Waals surface area (Å²) in [6, 6.07) is 0.965. The summed E-state index contributed by atoms with van der Waals surface area (Å²) >= 11 is 0. The van der Waals surface area contributed by atoms with E-state index in [0.717, 1.165) is 37.9 Å². The Hall–Kier alpha value is -1.77. The van der Waals surface area contributed by atoms with Crippen molar-refractivity contribution >= 4 is 5.91 Å². The average molecular weight is 443 g/mol. The molecule has 3 aliphatic carbocycles. The number of alkyl halides is 5. The van der Waals surface area contributed by atoms with E-state index in [2.05, 4.69) is 10.3 Å². The predicted molar refractivity (Wildman–Crippen MR) is 102 cm³/mol. The van der Waals surface area contributed by atoms with Crippen molar-refractivity contribution in [3.63, 3.8) is 0 Å². The van der Waals surface area contributed by atoms with Crippen molar-refractivity contribution in [2.75, 3.05) is 6.54 Å². The van der Waals surface area contributed by atoms with E-state index in [0.29, 0.717) is 30.6 Å². The summed E-state index contributed by atoms with van der Waals surface area (Å²) < 4.78 is 65.6. The minimum Gasteiger partial charge on any atom is -0.337 e. The zero-order chi connectivity index (χ0) is 22.0. The van der Waals surface area contributed by atoms with Crippen molar-refractivity contribution in [2.24, 2.45) is 11.3 Å². The Morgan fingerprint density at radius 3 is 2.68 bits per heavy atom. The quantitative estimate of drug-likeness (QED) is 0.708. The summed E-state index contributed by atoms with van der Waals surface area (Å²) in [6.45, 7) is 0.595. The molecule has 4 nitrogen and oxygen atoms in total. The van der Waals surface area contributed by atoms with Gasteiger partial charge in [0.15, 0.2) is 0 Å². The Labute approximate surface area is 177 Å². The Kier molecular flexibility index (Phi) is 4.84. The van der Waals surface area contributed by atoms with E-state index in [1.54, 1.807) is 4.90 Å². The lowest BCUT2D eigenvalue weighted by Gasteiger charge is -2.39. The van der Waals surface area contributed by atoms with Crippen LogP contribution in [-0.4, -0.2) is 40.3 Å². The molecule has 3 fully saturated rings. The Bertz CT molecular complexity index is 880. The number of rotatable bonds is 3. The zero-order valence-corrected chi connectivity index (χ0v) is 17.2. The fourth-order valence-corrected chi connectivity index (χ4v) is 6.30. The lowest BCUT2D eigenvalue weighted by Crippen LogP contribution is -2.52. The van der Waals surface area contributed by atoms with Gasteiger partial charge in [0.1, 0.15) is 0 Å². The molecule has 0 aromatic carbocycles. The third-order valence-corrected chi connectivity index (χ3v) is 7.78. The van der Waals surface area contributed by atoms with Crippen molar-refractivity contribution in [2.45, 2.75) is 82.1 Å². The highest BCUT2D eigenvalue weighted by atomic mass is 19.4. The van der Waals surface area contributed by atoms with Crippen molar-refractivity contribution in [3.05, 3.63) is 29.1 Å². The first kappa shape index (κ1) is 21.1. The molecule has 0 saturated heterocycles. The van der Waals surface area contributed by atoms with Crippen molar-refractivity contribution in [3.8, 4) is 0 Å². The standard InChI is InChI=1S/C22H26F5N3O/c23-21(24)9-17(10-21)29-16-7-14-2-1-4-20(14,8-16)19(31)30-5-3-18-13(12-30)6-15(11-28-18)22(25,26)27/h6,11,14,16-17,29H,1-5,7-10,12H2/t14-,16-,20-/m1/s1. The van der Waals surface area contributed by atoms with Gasteiger partial charge in [0.2, 0.25) is 5.91 Å². The smallest absolute Gasteiger partial charge is 0.337 e. The second kappa shape index (κ2) is 7.12. The number of hydrogen-bond acceptors (Lipinski definition) is 3. The van der Waals surface area contributed by atoms with Crippen LogP contribution in [0.3, 0.4) is 0 Å². The van der Waals surface area contributed by atoms with Crippen LogP contribution in [0.5, 0.6) is 0 Å². The minimum absolute atomic E-state index is 0.0151. The second-order valence-corrected chi connectivity index (χ2v) is 9.81. The number of nitrogens with one attached hydrogen (secondary N) is 1. The van der Waals surface area contributed by atoms with Gasteiger partial charge < -0.3 is 10.2 Å². The summed E-state index contributed by atoms with van der Waals surface area (Å²) in [5.41, 5.74) is -0.227. The Balaban J connectivity index is 1.30. The number of pyridine rings is 1. The molecule has 0 spiro atoms. The monoisotopic (exact) mass is 443 g/mol. The molecule has 0 unspecified atom stereocenters. The van der Waals surface area contributed by atoms with E-state index >= 15 is 0 Å². The van der Waals surface area contributed by atoms with Gasteiger partial charge in [-0.15, -0.1) is 0 Å². The Morgan fingerprint density at radius 2 is 1.97 bits per heavy atom. The molecule has 9 heteroatoms. The first-order valence-corrected chi connectivity index (χ1v) is 11.0. The summed E-state index contributed by atoms with van der Waals surface area (Å²) in [4.78, 5) is 19.3. The summed E-state index contributed by atoms with van der Waals surface area (Å²) in [6.07, 6.45) is 0.633. The first-order valence-electron chi connectivity index (χ1n) is 11.0. The zero-order valence-electron chi connectivity index (χ0n) is 17.2. The molecule has 170 valence electrons. The normalized spacial score (nSPS) is 32.5. The van der Waals surface area contributed by atoms with Gasteiger partial charge in [0, 0.05) is 56.3 Å². The number of fused-ring (bicyclic) bond motifs is 2. The number of nitrogens with zero attached hydrogens (tertiary/aromatic N) is 2. The third-order valence-electron chi connectivity index (χ3n) is 7.78. The van der Waals surface area contributed by atoms with Gasteiger partial charge in [-0.2, -0.15) is 13.2 Å². The first-order chi connectivity index (χ1) is 14.6. The van der Waals surface area contributed by atoms with Crippen LogP contribution < -0.4 is 5.32 Å². The van der Waals surface area contributed by atoms with Crippen LogP contribution >= 0.6 is 0 Å². The predicted octanol–water partition coefficient (Wildman–Crippen LogP) is 4.32. The summed E-state index contributed by atoms with van der Waals surface area (Å²) in [7, 11) is 0. The van der Waals surface area contributed by atoms with Crippen LogP contribution in [0, 0.1) is 11.3 Å². The highest BCUT2D eigenvalue weighted by Gasteiger charge is 2.57. The molecule has 1 amide bonds. The van der Waals surface area contributed by atoms with E-state index in [9.17, 15) is 26.7 Å². The van der Waals surface area contributed by atoms with Gasteiger partial charge in [-0.25, -0.2) is 8.78 Å². The van der Waals surface area contributed by atoms with E-state index in [4.69, 9.17) is 0 Å². The van der Waals surface area contributed by atoms with Crippen molar-refractivity contribution < 1.29 is 26.7 Å². The second-order valence-electron chi connectivity index (χ2n) is 9.81. The minimum atomic E-state index is -4.47. The molecular weight excluding hydrogens is 417 g/mol. The topological polar surface area (TPSA) is 45.2 Å². The van der Waals surface area contributed by atoms with Crippen LogP contribution in [-0.2, 0) is 23.9 Å². The highest BCUT2D eigenvalue weighted by molar-refractivity contribution is 5.84. The molecule has 0 radical (unpaired) electrons. The molecule has 1 aliphatic heterocycles. The molecule has 3 saturated carbocycles. The number of carbonyl (C=O) groups excluding carboxylic acids is 1. The van der Waals surface area contributed by atoms with Crippen molar-refractivity contribution in [1.29, 1.82) is 0 Å². The molecule has 0 bridgehead atoms. The maximum absolute atomic E-state index is 13.6. The lowest BCUT2D eigenvalue weighted by atomic mass is 9.78. The van der Waals surface area contributed by atoms with Crippen LogP contribution in [0.25, 0.3) is 0 Å². The van der Waals surface area contributed by atoms with E-state index in [1.165, 1.54) is 0 Å². The highest BCUT2D eigenvalue weighted by Crippen LogP contribution is 2.56. The fourth-order valence-electron chi connectivity index (χ4n) is 6.30. The fraction of sp³-hybridized carbons (Fsp3) is 0.727. The molecule has 1 aromatic rings. The molecule has 3 atom stereocenters. The van der Waals surface area contributed by atoms with Crippen LogP contribution in [0.15, 0.2) is 12.3 Å². The van der Waals surface area contributed by atoms with Gasteiger partial charge in [-0.1, -0.05) is 6.42 Å². The molecule has 5 rings (SSSR count). The molecule has 31 heavy (non-hydrogen) atoms. The summed E-state index contributed by atoms with van der Waals surface area (Å²) in [5.74, 6) is -2.36. The van der Waals surface area contributed by atoms with Crippen LogP contribution in [0.1, 0.15) is 61.8 Å². The van der Waals surface area contributed by atoms with Gasteiger partial charge in [0.05, 0.1) is 11.0 Å². The maximum Gasteiger partial charge on any atom is 0.417 e. The largest absolute Gasteiger partial charge is 0.417 e. The average Bonchev–Trinajstić information content (AvgIpc) is 3.22. The number of aromatic nitrogens is 1. The van der Waals surface area contributed by atoms with Crippen molar-refractivity contribution in [1.82, 2.24) is 15.2 Å². The summed E-state index contributed by atoms with van der Waals surface area (Å²) in [5, 5.41) is 3.34. The van der Waals surface area contributed by atoms with E-state index < -0.39 is 23.1 Å². The molecular formula is C22H26F5N3O. The van der Waals surface area contributed by atoms with Crippen LogP contribution in [0.4, 0.5) is 22.0 Å². The molecule has 1 N–H and O–H groups in total. The van der Waals surface area contributed by atoms with Gasteiger partial charge in [-0.3, -0.25) is 9.78 Å². The van der Waals surface area contributed by atoms with E-state index in [-0.39, 0.29) is 43.3 Å². The number of amides is 1. The van der Waals surface area contributed by atoms with Crippen LogP contribution in [0.2, 0.25) is 0 Å². The SMILES string of the molecule is O=C(N1CCc2ncc(C(F)(F)F)cc2C1)[C@@]12CCC[C@@H]1C[C@@H](NC1CC(F)(F)C1)C2. The van der Waals surface area contributed by atoms with Gasteiger partial charge >= 0.3 is 6.18 Å². The number of halogens is 5. The molecule has 1 aromatic heterocycles. The maximum atomic E-state index is 13.6. The van der Waals surface area contributed by atoms with E-state index in [1.807, 2.05) is 0 Å². The molecule has 2 heterocycles. The number of hydrogen-bond donors (Lipinski definition) is 1. The third kappa shape index (κ3) is 3.72. The van der Waals surface area contributed by atoms with Gasteiger partial charge in [-0.05, 0) is 43.2 Å².